The molecule has 0 spiro atoms. The Hall–Kier alpha value is -2.16. The standard InChI is InChI=1S/C35H58FN3O8/c1-22(20-40)11-16-30(47-33-31(41)29(39(7)8)19-23(2)46-33)35(6,45-10)18-17-28(24(3)32(42)34(5,43)21-44-9)38-37-25(4)26-12-14-27(36)15-13-26/h12-15,20,22-24,29-33,41-43H,11,16-19,21H2,1-10H3/b37-25+,38-28+/t22?,23?,24?,29?,30-,31?,32?,33?,34?,35-/m1/s1. The second-order valence-electron chi connectivity index (χ2n) is 13.7. The lowest BCUT2D eigenvalue weighted by molar-refractivity contribution is -0.290. The predicted molar refractivity (Wildman–Crippen MR) is 180 cm³/mol. The number of rotatable bonds is 19. The molecule has 1 heterocycles. The third kappa shape index (κ3) is 11.7. The van der Waals surface area contributed by atoms with E-state index in [1.807, 2.05) is 39.8 Å². The van der Waals surface area contributed by atoms with E-state index in [4.69, 9.17) is 18.9 Å². The molecule has 1 aliphatic rings. The van der Waals surface area contributed by atoms with Gasteiger partial charge in [0.25, 0.3) is 0 Å². The van der Waals surface area contributed by atoms with Gasteiger partial charge in [0.05, 0.1) is 36.2 Å². The summed E-state index contributed by atoms with van der Waals surface area (Å²) in [6.45, 7) is 10.6. The molecule has 1 aromatic rings. The van der Waals surface area contributed by atoms with E-state index in [2.05, 4.69) is 10.2 Å². The molecule has 0 aliphatic carbocycles. The third-order valence-electron chi connectivity index (χ3n) is 9.38. The average molecular weight is 668 g/mol. The molecule has 0 amide bonds. The highest BCUT2D eigenvalue weighted by Gasteiger charge is 2.44. The largest absolute Gasteiger partial charge is 0.389 e. The van der Waals surface area contributed by atoms with Crippen LogP contribution in [0, 0.1) is 17.7 Å². The van der Waals surface area contributed by atoms with Crippen LogP contribution in [0.4, 0.5) is 4.39 Å². The number of aliphatic hydroxyl groups is 3. The van der Waals surface area contributed by atoms with E-state index in [0.29, 0.717) is 49.1 Å². The summed E-state index contributed by atoms with van der Waals surface area (Å²) >= 11 is 0. The highest BCUT2D eigenvalue weighted by atomic mass is 19.1. The maximum atomic E-state index is 13.5. The van der Waals surface area contributed by atoms with Crippen molar-refractivity contribution in [2.45, 2.75) is 122 Å². The molecular weight excluding hydrogens is 609 g/mol. The second-order valence-corrected chi connectivity index (χ2v) is 13.7. The fourth-order valence-electron chi connectivity index (χ4n) is 5.94. The highest BCUT2D eigenvalue weighted by Crippen LogP contribution is 2.34. The number of hydrogen-bond acceptors (Lipinski definition) is 11. The van der Waals surface area contributed by atoms with Gasteiger partial charge < -0.3 is 44.0 Å². The number of carbonyl (C=O) groups excluding carboxylic acids is 1. The van der Waals surface area contributed by atoms with Gasteiger partial charge in [0.15, 0.2) is 6.29 Å². The Kier molecular flexibility index (Phi) is 16.2. The van der Waals surface area contributed by atoms with Crippen LogP contribution in [0.15, 0.2) is 34.5 Å². The Morgan fingerprint density at radius 3 is 2.36 bits per heavy atom. The van der Waals surface area contributed by atoms with Gasteiger partial charge >= 0.3 is 0 Å². The summed E-state index contributed by atoms with van der Waals surface area (Å²) in [5.41, 5.74) is -0.797. The maximum Gasteiger partial charge on any atom is 0.185 e. The summed E-state index contributed by atoms with van der Waals surface area (Å²) in [7, 11) is 6.85. The van der Waals surface area contributed by atoms with Crippen LogP contribution in [-0.4, -0.2) is 121 Å². The Labute approximate surface area is 280 Å². The van der Waals surface area contributed by atoms with Crippen LogP contribution in [0.1, 0.15) is 79.2 Å². The van der Waals surface area contributed by atoms with E-state index < -0.39 is 41.7 Å². The quantitative estimate of drug-likeness (QED) is 0.113. The molecule has 0 bridgehead atoms. The minimum atomic E-state index is -1.57. The monoisotopic (exact) mass is 667 g/mol. The van der Waals surface area contributed by atoms with Crippen LogP contribution in [0.5, 0.6) is 0 Å². The number of aldehydes is 1. The fourth-order valence-corrected chi connectivity index (χ4v) is 5.94. The Bertz CT molecular complexity index is 1160. The average Bonchev–Trinajstić information content (AvgIpc) is 3.03. The van der Waals surface area contributed by atoms with Crippen molar-refractivity contribution >= 4 is 17.7 Å². The first kappa shape index (κ1) is 41.0. The highest BCUT2D eigenvalue weighted by molar-refractivity contribution is 5.99. The van der Waals surface area contributed by atoms with Crippen molar-refractivity contribution in [1.29, 1.82) is 0 Å². The zero-order valence-corrected chi connectivity index (χ0v) is 29.9. The van der Waals surface area contributed by atoms with E-state index in [1.165, 1.54) is 26.2 Å². The minimum absolute atomic E-state index is 0.0969. The van der Waals surface area contributed by atoms with Crippen molar-refractivity contribution in [3.63, 3.8) is 0 Å². The van der Waals surface area contributed by atoms with Crippen molar-refractivity contribution in [2.75, 3.05) is 34.9 Å². The molecule has 1 aliphatic heterocycles. The minimum Gasteiger partial charge on any atom is -0.389 e. The zero-order valence-electron chi connectivity index (χ0n) is 29.9. The van der Waals surface area contributed by atoms with Crippen molar-refractivity contribution in [3.8, 4) is 0 Å². The number of methoxy groups -OCH3 is 2. The number of carbonyl (C=O) groups is 1. The molecule has 11 nitrogen and oxygen atoms in total. The topological polar surface area (TPSA) is 143 Å². The van der Waals surface area contributed by atoms with Gasteiger partial charge in [0.1, 0.15) is 23.8 Å². The molecule has 0 saturated carbocycles. The number of halogens is 1. The molecule has 47 heavy (non-hydrogen) atoms. The van der Waals surface area contributed by atoms with Crippen molar-refractivity contribution in [3.05, 3.63) is 35.6 Å². The summed E-state index contributed by atoms with van der Waals surface area (Å²) in [5.74, 6) is -1.23. The van der Waals surface area contributed by atoms with Gasteiger partial charge in [-0.1, -0.05) is 26.0 Å². The lowest BCUT2D eigenvalue weighted by Crippen LogP contribution is -2.57. The summed E-state index contributed by atoms with van der Waals surface area (Å²) in [6.07, 6.45) is -0.644. The van der Waals surface area contributed by atoms with Gasteiger partial charge in [0.2, 0.25) is 0 Å². The van der Waals surface area contributed by atoms with E-state index >= 15 is 0 Å². The van der Waals surface area contributed by atoms with Gasteiger partial charge in [0, 0.05) is 37.8 Å². The SMILES string of the molecule is COCC(C)(O)C(O)C(C)/C(CC[C@@](C)(OC)[C@@H](CCC(C)C=O)OC1OC(C)CC(N(C)C)C1O)=N/N=C(\C)c1ccc(F)cc1. The number of aliphatic hydroxyl groups excluding tert-OH is 2. The summed E-state index contributed by atoms with van der Waals surface area (Å²) in [6, 6.07) is 5.74. The van der Waals surface area contributed by atoms with Crippen LogP contribution < -0.4 is 0 Å². The molecule has 12 heteroatoms. The molecule has 1 saturated heterocycles. The number of ether oxygens (including phenoxy) is 4. The molecule has 3 N–H and O–H groups in total. The molecule has 2 rings (SSSR count). The van der Waals surface area contributed by atoms with Crippen LogP contribution in [0.2, 0.25) is 0 Å². The molecule has 1 fully saturated rings. The van der Waals surface area contributed by atoms with E-state index in [9.17, 15) is 24.5 Å². The second kappa shape index (κ2) is 18.6. The first-order chi connectivity index (χ1) is 22.0. The van der Waals surface area contributed by atoms with Crippen LogP contribution >= 0.6 is 0 Å². The number of nitrogens with zero attached hydrogens (tertiary/aromatic N) is 3. The van der Waals surface area contributed by atoms with Crippen LogP contribution in [0.3, 0.4) is 0 Å². The predicted octanol–water partition coefficient (Wildman–Crippen LogP) is 4.00. The number of benzene rings is 1. The molecule has 8 unspecified atom stereocenters. The zero-order chi connectivity index (χ0) is 35.5. The maximum absolute atomic E-state index is 13.5. The molecule has 0 radical (unpaired) electrons. The van der Waals surface area contributed by atoms with Crippen molar-refractivity contribution < 1.29 is 43.5 Å². The fraction of sp³-hybridized carbons (Fsp3) is 0.743. The van der Waals surface area contributed by atoms with Gasteiger partial charge in [-0.3, -0.25) is 0 Å². The lowest BCUT2D eigenvalue weighted by Gasteiger charge is -2.45. The summed E-state index contributed by atoms with van der Waals surface area (Å²) < 4.78 is 37.4. The van der Waals surface area contributed by atoms with Gasteiger partial charge in [-0.05, 0) is 91.6 Å². The first-order valence-corrected chi connectivity index (χ1v) is 16.4. The van der Waals surface area contributed by atoms with E-state index in [0.717, 1.165) is 6.29 Å². The first-order valence-electron chi connectivity index (χ1n) is 16.4. The van der Waals surface area contributed by atoms with E-state index in [-0.39, 0.29) is 30.5 Å². The van der Waals surface area contributed by atoms with Gasteiger partial charge in [-0.2, -0.15) is 10.2 Å². The molecule has 10 atom stereocenters. The van der Waals surface area contributed by atoms with Crippen molar-refractivity contribution in [1.82, 2.24) is 4.90 Å². The Balaban J connectivity index is 2.47. The molecule has 1 aromatic carbocycles. The molecule has 268 valence electrons. The summed E-state index contributed by atoms with van der Waals surface area (Å²) in [5, 5.41) is 42.4. The molecule has 0 aromatic heterocycles. The lowest BCUT2D eigenvalue weighted by atomic mass is 9.82. The normalized spacial score (nSPS) is 26.3. The van der Waals surface area contributed by atoms with Crippen LogP contribution in [0.25, 0.3) is 0 Å². The Morgan fingerprint density at radius 1 is 1.17 bits per heavy atom. The number of likely N-dealkylation sites (N-methyl/N-ethyl adjacent to an activating group) is 1. The van der Waals surface area contributed by atoms with Crippen molar-refractivity contribution in [2.24, 2.45) is 22.0 Å². The smallest absolute Gasteiger partial charge is 0.185 e. The van der Waals surface area contributed by atoms with Gasteiger partial charge in [-0.15, -0.1) is 0 Å². The molecular formula is C35H58FN3O8. The number of hydrogen-bond donors (Lipinski definition) is 3. The van der Waals surface area contributed by atoms with Gasteiger partial charge in [-0.25, -0.2) is 4.39 Å². The summed E-state index contributed by atoms with van der Waals surface area (Å²) in [4.78, 5) is 13.5. The van der Waals surface area contributed by atoms with E-state index in [1.54, 1.807) is 33.1 Å². The van der Waals surface area contributed by atoms with Crippen LogP contribution in [-0.2, 0) is 23.7 Å². The Morgan fingerprint density at radius 2 is 1.81 bits per heavy atom. The third-order valence-corrected chi connectivity index (χ3v) is 9.38.